The van der Waals surface area contributed by atoms with Gasteiger partial charge in [0, 0.05) is 12.6 Å². The zero-order valence-electron chi connectivity index (χ0n) is 7.29. The molecule has 1 heterocycles. The summed E-state index contributed by atoms with van der Waals surface area (Å²) in [5.41, 5.74) is 5.65. The lowest BCUT2D eigenvalue weighted by Crippen LogP contribution is -2.29. The monoisotopic (exact) mass is 244 g/mol. The second-order valence-electron chi connectivity index (χ2n) is 3.37. The molecule has 1 atom stereocenters. The second kappa shape index (κ2) is 3.82. The maximum atomic E-state index is 5.65. The van der Waals surface area contributed by atoms with E-state index in [-0.39, 0.29) is 6.04 Å². The van der Waals surface area contributed by atoms with Gasteiger partial charge in [-0.1, -0.05) is 0 Å². The molecule has 0 saturated heterocycles. The third-order valence-electron chi connectivity index (χ3n) is 2.19. The fraction of sp³-hybridized carbons (Fsp3) is 0.556. The fourth-order valence-corrected chi connectivity index (χ4v) is 1.64. The minimum absolute atomic E-state index is 0.166. The Labute approximate surface area is 85.8 Å². The van der Waals surface area contributed by atoms with Gasteiger partial charge in [-0.15, -0.1) is 0 Å². The molecule has 1 aliphatic carbocycles. The highest BCUT2D eigenvalue weighted by Gasteiger charge is 2.25. The number of rotatable bonds is 4. The minimum atomic E-state index is 0.166. The first kappa shape index (κ1) is 9.24. The van der Waals surface area contributed by atoms with Crippen LogP contribution in [0.25, 0.3) is 0 Å². The lowest BCUT2D eigenvalue weighted by atomic mass is 10.2. The van der Waals surface area contributed by atoms with Crippen LogP contribution in [0.2, 0.25) is 0 Å². The zero-order valence-corrected chi connectivity index (χ0v) is 8.88. The van der Waals surface area contributed by atoms with Crippen molar-refractivity contribution in [3.05, 3.63) is 22.6 Å². The maximum Gasteiger partial charge on any atom is 0.169 e. The second-order valence-corrected chi connectivity index (χ2v) is 4.15. The van der Waals surface area contributed by atoms with Crippen LogP contribution in [0.15, 0.2) is 21.2 Å². The van der Waals surface area contributed by atoms with E-state index in [0.29, 0.717) is 12.6 Å². The smallest absolute Gasteiger partial charge is 0.169 e. The van der Waals surface area contributed by atoms with Crippen molar-refractivity contribution < 1.29 is 4.42 Å². The maximum absolute atomic E-state index is 5.65. The molecular weight excluding hydrogens is 232 g/mol. The van der Waals surface area contributed by atoms with Gasteiger partial charge in [0.25, 0.3) is 0 Å². The van der Waals surface area contributed by atoms with Crippen LogP contribution in [0.3, 0.4) is 0 Å². The molecule has 0 amide bonds. The van der Waals surface area contributed by atoms with E-state index in [2.05, 4.69) is 21.2 Å². The van der Waals surface area contributed by atoms with E-state index in [1.165, 1.54) is 12.8 Å². The highest BCUT2D eigenvalue weighted by molar-refractivity contribution is 9.10. The van der Waals surface area contributed by atoms with Crippen LogP contribution in [-0.4, -0.2) is 12.6 Å². The van der Waals surface area contributed by atoms with Crippen molar-refractivity contribution in [2.24, 2.45) is 5.73 Å². The molecule has 0 spiro atoms. The van der Waals surface area contributed by atoms with Gasteiger partial charge in [0.05, 0.1) is 6.04 Å². The minimum Gasteiger partial charge on any atom is -0.453 e. The molecule has 0 aliphatic heterocycles. The van der Waals surface area contributed by atoms with Gasteiger partial charge in [0.1, 0.15) is 5.76 Å². The molecule has 0 bridgehead atoms. The number of halogens is 1. The van der Waals surface area contributed by atoms with E-state index in [4.69, 9.17) is 10.2 Å². The van der Waals surface area contributed by atoms with Crippen molar-refractivity contribution in [1.29, 1.82) is 0 Å². The van der Waals surface area contributed by atoms with Gasteiger partial charge >= 0.3 is 0 Å². The summed E-state index contributed by atoms with van der Waals surface area (Å²) in [6.07, 6.45) is 2.52. The molecule has 13 heavy (non-hydrogen) atoms. The molecule has 1 saturated carbocycles. The van der Waals surface area contributed by atoms with Gasteiger partial charge in [-0.2, -0.15) is 0 Å². The highest BCUT2D eigenvalue weighted by atomic mass is 79.9. The molecule has 1 aromatic heterocycles. The number of hydrogen-bond donors (Lipinski definition) is 2. The molecule has 1 fully saturated rings. The number of hydrogen-bond acceptors (Lipinski definition) is 3. The Morgan fingerprint density at radius 3 is 2.85 bits per heavy atom. The van der Waals surface area contributed by atoms with Crippen molar-refractivity contribution in [2.45, 2.75) is 24.9 Å². The topological polar surface area (TPSA) is 51.2 Å². The van der Waals surface area contributed by atoms with Crippen LogP contribution in [0.4, 0.5) is 0 Å². The molecular formula is C9H13BrN2O. The van der Waals surface area contributed by atoms with Gasteiger partial charge in [-0.05, 0) is 40.9 Å². The van der Waals surface area contributed by atoms with E-state index >= 15 is 0 Å². The Hall–Kier alpha value is -0.320. The lowest BCUT2D eigenvalue weighted by Gasteiger charge is -2.13. The van der Waals surface area contributed by atoms with Crippen molar-refractivity contribution in [2.75, 3.05) is 6.54 Å². The lowest BCUT2D eigenvalue weighted by molar-refractivity contribution is 0.404. The van der Waals surface area contributed by atoms with Gasteiger partial charge in [-0.25, -0.2) is 0 Å². The summed E-state index contributed by atoms with van der Waals surface area (Å²) in [4.78, 5) is 0. The van der Waals surface area contributed by atoms with E-state index < -0.39 is 0 Å². The molecule has 1 aromatic rings. The van der Waals surface area contributed by atoms with Crippen LogP contribution in [0, 0.1) is 0 Å². The highest BCUT2D eigenvalue weighted by Crippen LogP contribution is 2.25. The SMILES string of the molecule is NCC(NC1CC1)c1ccc(Br)o1. The quantitative estimate of drug-likeness (QED) is 0.850. The molecule has 72 valence electrons. The predicted molar refractivity (Wildman–Crippen MR) is 54.4 cm³/mol. The van der Waals surface area contributed by atoms with Crippen LogP contribution < -0.4 is 11.1 Å². The number of nitrogens with two attached hydrogens (primary N) is 1. The summed E-state index contributed by atoms with van der Waals surface area (Å²) in [5.74, 6) is 0.918. The summed E-state index contributed by atoms with van der Waals surface area (Å²) in [6.45, 7) is 0.580. The number of furan rings is 1. The van der Waals surface area contributed by atoms with Crippen LogP contribution in [0.1, 0.15) is 24.6 Å². The average Bonchev–Trinajstić information content (AvgIpc) is 2.84. The van der Waals surface area contributed by atoms with Crippen LogP contribution in [-0.2, 0) is 0 Å². The normalized spacial score (nSPS) is 18.9. The molecule has 0 aromatic carbocycles. The Balaban J connectivity index is 2.01. The molecule has 0 radical (unpaired) electrons. The van der Waals surface area contributed by atoms with Gasteiger partial charge in [0.2, 0.25) is 0 Å². The van der Waals surface area contributed by atoms with Crippen molar-refractivity contribution >= 4 is 15.9 Å². The molecule has 1 aliphatic rings. The fourth-order valence-electron chi connectivity index (χ4n) is 1.32. The molecule has 3 nitrogen and oxygen atoms in total. The van der Waals surface area contributed by atoms with E-state index in [9.17, 15) is 0 Å². The molecule has 4 heteroatoms. The number of nitrogens with one attached hydrogen (secondary N) is 1. The Bertz CT molecular complexity index is 283. The third kappa shape index (κ3) is 2.33. The Morgan fingerprint density at radius 1 is 1.62 bits per heavy atom. The van der Waals surface area contributed by atoms with Gasteiger partial charge < -0.3 is 15.5 Å². The summed E-state index contributed by atoms with van der Waals surface area (Å²) < 4.78 is 6.20. The van der Waals surface area contributed by atoms with E-state index in [1.807, 2.05) is 12.1 Å². The van der Waals surface area contributed by atoms with Crippen molar-refractivity contribution in [3.63, 3.8) is 0 Å². The van der Waals surface area contributed by atoms with Crippen molar-refractivity contribution in [1.82, 2.24) is 5.32 Å². The standard InChI is InChI=1S/C9H13BrN2O/c10-9-4-3-8(13-9)7(5-11)12-6-1-2-6/h3-4,6-7,12H,1-2,5,11H2. The van der Waals surface area contributed by atoms with Crippen LogP contribution >= 0.6 is 15.9 Å². The first-order chi connectivity index (χ1) is 6.29. The van der Waals surface area contributed by atoms with Crippen molar-refractivity contribution in [3.8, 4) is 0 Å². The predicted octanol–water partition coefficient (Wildman–Crippen LogP) is 1.79. The van der Waals surface area contributed by atoms with Gasteiger partial charge in [0.15, 0.2) is 4.67 Å². The first-order valence-electron chi connectivity index (χ1n) is 4.51. The first-order valence-corrected chi connectivity index (χ1v) is 5.30. The van der Waals surface area contributed by atoms with Gasteiger partial charge in [-0.3, -0.25) is 0 Å². The molecule has 2 rings (SSSR count). The van der Waals surface area contributed by atoms with E-state index in [1.54, 1.807) is 0 Å². The van der Waals surface area contributed by atoms with E-state index in [0.717, 1.165) is 10.4 Å². The summed E-state index contributed by atoms with van der Waals surface area (Å²) in [7, 11) is 0. The summed E-state index contributed by atoms with van der Waals surface area (Å²) in [5, 5.41) is 3.43. The zero-order chi connectivity index (χ0) is 9.26. The Kier molecular flexibility index (Phi) is 2.71. The summed E-state index contributed by atoms with van der Waals surface area (Å²) >= 11 is 3.28. The Morgan fingerprint density at radius 2 is 2.38 bits per heavy atom. The molecule has 3 N–H and O–H groups in total. The van der Waals surface area contributed by atoms with Crippen LogP contribution in [0.5, 0.6) is 0 Å². The third-order valence-corrected chi connectivity index (χ3v) is 2.61. The average molecular weight is 245 g/mol. The molecule has 1 unspecified atom stereocenters. The largest absolute Gasteiger partial charge is 0.453 e. The summed E-state index contributed by atoms with van der Waals surface area (Å²) in [6, 6.07) is 4.67.